The van der Waals surface area contributed by atoms with Gasteiger partial charge in [-0.15, -0.1) is 0 Å². The maximum absolute atomic E-state index is 11.0. The lowest BCUT2D eigenvalue weighted by atomic mass is 10.1. The van der Waals surface area contributed by atoms with Crippen molar-refractivity contribution in [3.05, 3.63) is 0 Å². The Bertz CT molecular complexity index is 249. The summed E-state index contributed by atoms with van der Waals surface area (Å²) < 4.78 is 0. The molecule has 0 aromatic carbocycles. The molecule has 1 aliphatic heterocycles. The number of carbonyl (C=O) groups excluding carboxylic acids is 1. The van der Waals surface area contributed by atoms with E-state index in [-0.39, 0.29) is 31.6 Å². The molecule has 1 saturated heterocycles. The van der Waals surface area contributed by atoms with Crippen molar-refractivity contribution in [2.75, 3.05) is 6.54 Å². The highest BCUT2D eigenvalue weighted by Crippen LogP contribution is 2.14. The predicted molar refractivity (Wildman–Crippen MR) is 45.0 cm³/mol. The number of aliphatic carboxylic acids is 1. The number of amides is 1. The van der Waals surface area contributed by atoms with Gasteiger partial charge >= 0.3 is 12.1 Å². The monoisotopic (exact) mass is 201 g/mol. The standard InChI is InChI=1S/C8H11NO5/c10-5-1-2-6(7(11)12)9(4-3-5)8(13)14/h6H,1-4H2,(H,11,12)(H,13,14). The first-order chi connectivity index (χ1) is 6.52. The summed E-state index contributed by atoms with van der Waals surface area (Å²) in [5.74, 6) is -1.28. The van der Waals surface area contributed by atoms with Gasteiger partial charge < -0.3 is 10.2 Å². The molecule has 1 aliphatic rings. The lowest BCUT2D eigenvalue weighted by molar-refractivity contribution is -0.142. The van der Waals surface area contributed by atoms with E-state index in [1.807, 2.05) is 0 Å². The van der Waals surface area contributed by atoms with E-state index in [0.29, 0.717) is 0 Å². The highest BCUT2D eigenvalue weighted by molar-refractivity contribution is 5.84. The van der Waals surface area contributed by atoms with Crippen molar-refractivity contribution in [3.8, 4) is 0 Å². The Labute approximate surface area is 80.1 Å². The Kier molecular flexibility index (Phi) is 3.06. The van der Waals surface area contributed by atoms with E-state index in [4.69, 9.17) is 10.2 Å². The van der Waals surface area contributed by atoms with Gasteiger partial charge in [0.15, 0.2) is 0 Å². The smallest absolute Gasteiger partial charge is 0.408 e. The van der Waals surface area contributed by atoms with Crippen LogP contribution in [0.2, 0.25) is 0 Å². The molecule has 0 aromatic rings. The van der Waals surface area contributed by atoms with Gasteiger partial charge in [-0.05, 0) is 6.42 Å². The van der Waals surface area contributed by atoms with Crippen molar-refractivity contribution in [3.63, 3.8) is 0 Å². The van der Waals surface area contributed by atoms with E-state index < -0.39 is 18.1 Å². The van der Waals surface area contributed by atoms with Crippen LogP contribution in [0.5, 0.6) is 0 Å². The number of nitrogens with zero attached hydrogens (tertiary/aromatic N) is 1. The summed E-state index contributed by atoms with van der Waals surface area (Å²) in [6.45, 7) is -0.0227. The van der Waals surface area contributed by atoms with Gasteiger partial charge in [-0.2, -0.15) is 0 Å². The summed E-state index contributed by atoms with van der Waals surface area (Å²) in [6.07, 6.45) is -0.968. The minimum Gasteiger partial charge on any atom is -0.480 e. The van der Waals surface area contributed by atoms with Gasteiger partial charge in [0.25, 0.3) is 0 Å². The van der Waals surface area contributed by atoms with Gasteiger partial charge in [0, 0.05) is 19.4 Å². The molecule has 78 valence electrons. The molecule has 1 unspecified atom stereocenters. The van der Waals surface area contributed by atoms with Crippen molar-refractivity contribution in [1.82, 2.24) is 4.90 Å². The highest BCUT2D eigenvalue weighted by Gasteiger charge is 2.32. The molecular weight excluding hydrogens is 190 g/mol. The molecule has 0 radical (unpaired) electrons. The number of likely N-dealkylation sites (tertiary alicyclic amines) is 1. The number of rotatable bonds is 1. The van der Waals surface area contributed by atoms with Gasteiger partial charge in [0.05, 0.1) is 0 Å². The lowest BCUT2D eigenvalue weighted by Crippen LogP contribution is -2.43. The minimum absolute atomic E-state index is 0.0227. The van der Waals surface area contributed by atoms with E-state index in [9.17, 15) is 14.4 Å². The number of carboxylic acids is 1. The van der Waals surface area contributed by atoms with Crippen molar-refractivity contribution < 1.29 is 24.6 Å². The Hall–Kier alpha value is -1.59. The first kappa shape index (κ1) is 10.5. The van der Waals surface area contributed by atoms with Crippen LogP contribution in [0.25, 0.3) is 0 Å². The van der Waals surface area contributed by atoms with E-state index in [1.165, 1.54) is 0 Å². The van der Waals surface area contributed by atoms with E-state index >= 15 is 0 Å². The van der Waals surface area contributed by atoms with Crippen molar-refractivity contribution in [1.29, 1.82) is 0 Å². The van der Waals surface area contributed by atoms with Crippen LogP contribution in [-0.4, -0.2) is 45.5 Å². The molecule has 0 bridgehead atoms. The number of carboxylic acid groups (broad SMARTS) is 2. The quantitative estimate of drug-likeness (QED) is 0.630. The average molecular weight is 201 g/mol. The Morgan fingerprint density at radius 3 is 2.43 bits per heavy atom. The molecule has 1 atom stereocenters. The number of carbonyl (C=O) groups is 3. The first-order valence-electron chi connectivity index (χ1n) is 4.26. The molecule has 0 aliphatic carbocycles. The highest BCUT2D eigenvalue weighted by atomic mass is 16.4. The van der Waals surface area contributed by atoms with Crippen LogP contribution in [0.3, 0.4) is 0 Å². The lowest BCUT2D eigenvalue weighted by Gasteiger charge is -2.22. The molecule has 1 fully saturated rings. The number of Topliss-reactive ketones (excluding diaryl/α,β-unsaturated/α-hetero) is 1. The van der Waals surface area contributed by atoms with Crippen LogP contribution < -0.4 is 0 Å². The van der Waals surface area contributed by atoms with Crippen LogP contribution in [0.1, 0.15) is 19.3 Å². The zero-order chi connectivity index (χ0) is 10.7. The van der Waals surface area contributed by atoms with Crippen molar-refractivity contribution >= 4 is 17.8 Å². The largest absolute Gasteiger partial charge is 0.480 e. The molecule has 6 nitrogen and oxygen atoms in total. The summed E-state index contributed by atoms with van der Waals surface area (Å²) in [5, 5.41) is 17.5. The van der Waals surface area contributed by atoms with E-state index in [2.05, 4.69) is 0 Å². The molecule has 6 heteroatoms. The molecule has 0 saturated carbocycles. The van der Waals surface area contributed by atoms with Gasteiger partial charge in [-0.25, -0.2) is 9.59 Å². The zero-order valence-corrected chi connectivity index (χ0v) is 7.47. The fourth-order valence-electron chi connectivity index (χ4n) is 1.47. The molecule has 0 aromatic heterocycles. The second-order valence-electron chi connectivity index (χ2n) is 3.16. The normalized spacial score (nSPS) is 23.0. The Morgan fingerprint density at radius 1 is 1.29 bits per heavy atom. The summed E-state index contributed by atoms with van der Waals surface area (Å²) in [6, 6.07) is -1.08. The van der Waals surface area contributed by atoms with Gasteiger partial charge in [-0.1, -0.05) is 0 Å². The predicted octanol–water partition coefficient (Wildman–Crippen LogP) is 0.173. The van der Waals surface area contributed by atoms with Crippen LogP contribution in [-0.2, 0) is 9.59 Å². The fourth-order valence-corrected chi connectivity index (χ4v) is 1.47. The topological polar surface area (TPSA) is 94.9 Å². The number of hydrogen-bond acceptors (Lipinski definition) is 3. The Balaban J connectivity index is 2.81. The van der Waals surface area contributed by atoms with Crippen molar-refractivity contribution in [2.24, 2.45) is 0 Å². The molecule has 14 heavy (non-hydrogen) atoms. The second kappa shape index (κ2) is 4.08. The minimum atomic E-state index is -1.29. The summed E-state index contributed by atoms with van der Waals surface area (Å²) in [7, 11) is 0. The third-order valence-corrected chi connectivity index (χ3v) is 2.24. The van der Waals surface area contributed by atoms with Crippen LogP contribution in [0.4, 0.5) is 4.79 Å². The van der Waals surface area contributed by atoms with E-state index in [1.54, 1.807) is 0 Å². The summed E-state index contributed by atoms with van der Waals surface area (Å²) in [4.78, 5) is 33.2. The molecule has 1 rings (SSSR count). The SMILES string of the molecule is O=C1CCC(C(=O)O)N(C(=O)O)CC1. The van der Waals surface area contributed by atoms with Gasteiger partial charge in [-0.3, -0.25) is 9.69 Å². The first-order valence-corrected chi connectivity index (χ1v) is 4.26. The van der Waals surface area contributed by atoms with Crippen LogP contribution >= 0.6 is 0 Å². The summed E-state index contributed by atoms with van der Waals surface area (Å²) in [5.41, 5.74) is 0. The van der Waals surface area contributed by atoms with Gasteiger partial charge in [0.2, 0.25) is 0 Å². The second-order valence-corrected chi connectivity index (χ2v) is 3.16. The van der Waals surface area contributed by atoms with Crippen molar-refractivity contribution in [2.45, 2.75) is 25.3 Å². The van der Waals surface area contributed by atoms with E-state index in [0.717, 1.165) is 4.90 Å². The molecular formula is C8H11NO5. The molecule has 2 N–H and O–H groups in total. The van der Waals surface area contributed by atoms with Crippen LogP contribution in [0.15, 0.2) is 0 Å². The third-order valence-electron chi connectivity index (χ3n) is 2.24. The molecule has 1 amide bonds. The maximum atomic E-state index is 11.0. The third kappa shape index (κ3) is 2.21. The maximum Gasteiger partial charge on any atom is 0.408 e. The zero-order valence-electron chi connectivity index (χ0n) is 7.47. The number of hydrogen-bond donors (Lipinski definition) is 2. The summed E-state index contributed by atoms with van der Waals surface area (Å²) >= 11 is 0. The van der Waals surface area contributed by atoms with Crippen LogP contribution in [0, 0.1) is 0 Å². The molecule has 1 heterocycles. The fraction of sp³-hybridized carbons (Fsp3) is 0.625. The average Bonchev–Trinajstić information content (AvgIpc) is 2.26. The van der Waals surface area contributed by atoms with Gasteiger partial charge in [0.1, 0.15) is 11.8 Å². The molecule has 0 spiro atoms. The Morgan fingerprint density at radius 2 is 1.93 bits per heavy atom. The number of ketones is 1.